The number of carbonyl (C=O) groups excluding carboxylic acids is 3. The topological polar surface area (TPSA) is 88.1 Å². The first-order valence-electron chi connectivity index (χ1n) is 6.40. The van der Waals surface area contributed by atoms with Crippen LogP contribution in [-0.4, -0.2) is 51.4 Å². The summed E-state index contributed by atoms with van der Waals surface area (Å²) in [6.45, 7) is 0. The molecule has 2 fully saturated rings. The molecule has 0 aromatic carbocycles. The lowest BCUT2D eigenvalue weighted by molar-refractivity contribution is -0.139. The predicted octanol–water partition coefficient (Wildman–Crippen LogP) is -0.245. The van der Waals surface area contributed by atoms with Gasteiger partial charge in [0.2, 0.25) is 0 Å². The molecule has 1 saturated carbocycles. The van der Waals surface area contributed by atoms with Gasteiger partial charge in [-0.15, -0.1) is 0 Å². The van der Waals surface area contributed by atoms with Crippen molar-refractivity contribution in [3.8, 4) is 0 Å². The number of hydrogen-bond acceptors (Lipinski definition) is 7. The van der Waals surface area contributed by atoms with Gasteiger partial charge in [0.15, 0.2) is 0 Å². The van der Waals surface area contributed by atoms with Gasteiger partial charge in [-0.05, 0) is 5.57 Å². The van der Waals surface area contributed by atoms with Crippen LogP contribution in [0.3, 0.4) is 0 Å². The van der Waals surface area contributed by atoms with E-state index in [4.69, 9.17) is 14.2 Å². The highest BCUT2D eigenvalue weighted by Crippen LogP contribution is 2.64. The zero-order chi connectivity index (χ0) is 15.3. The van der Waals surface area contributed by atoms with Gasteiger partial charge in [0.05, 0.1) is 44.7 Å². The second-order valence-corrected chi connectivity index (χ2v) is 5.01. The van der Waals surface area contributed by atoms with E-state index in [1.807, 2.05) is 0 Å². The first kappa shape index (κ1) is 13.8. The summed E-state index contributed by atoms with van der Waals surface area (Å²) < 4.78 is 19.7. The van der Waals surface area contributed by atoms with Gasteiger partial charge >= 0.3 is 17.9 Å². The Balaban J connectivity index is 1.95. The molecule has 2 bridgehead atoms. The summed E-state index contributed by atoms with van der Waals surface area (Å²) in [4.78, 5) is 35.1. The van der Waals surface area contributed by atoms with Gasteiger partial charge in [0.1, 0.15) is 0 Å². The number of esters is 3. The minimum Gasteiger partial charge on any atom is -0.466 e. The molecule has 2 heterocycles. The third kappa shape index (κ3) is 1.80. The SMILES string of the molecule is COC(=O)C=C1C2C3OC(C(C(=O)OC)=C3C(=O)OC)C12. The molecule has 4 atom stereocenters. The van der Waals surface area contributed by atoms with Crippen molar-refractivity contribution >= 4 is 17.9 Å². The van der Waals surface area contributed by atoms with Crippen molar-refractivity contribution in [1.29, 1.82) is 0 Å². The number of hydrogen-bond donors (Lipinski definition) is 0. The fraction of sp³-hybridized carbons (Fsp3) is 0.500. The van der Waals surface area contributed by atoms with Crippen molar-refractivity contribution in [2.45, 2.75) is 12.2 Å². The van der Waals surface area contributed by atoms with E-state index in [9.17, 15) is 14.4 Å². The molecule has 0 aromatic rings. The van der Waals surface area contributed by atoms with E-state index in [1.165, 1.54) is 27.4 Å². The number of fused-ring (bicyclic) bond motifs is 5. The van der Waals surface area contributed by atoms with E-state index in [-0.39, 0.29) is 23.0 Å². The summed E-state index contributed by atoms with van der Waals surface area (Å²) in [5.41, 5.74) is 1.23. The first-order chi connectivity index (χ1) is 10.0. The van der Waals surface area contributed by atoms with Crippen LogP contribution in [0.5, 0.6) is 0 Å². The maximum Gasteiger partial charge on any atom is 0.337 e. The van der Waals surface area contributed by atoms with Gasteiger partial charge in [-0.3, -0.25) is 0 Å². The van der Waals surface area contributed by atoms with Gasteiger partial charge in [0, 0.05) is 17.9 Å². The summed E-state index contributed by atoms with van der Waals surface area (Å²) in [6, 6.07) is 0. The molecular weight excluding hydrogens is 280 g/mol. The molecule has 3 rings (SSSR count). The molecule has 1 saturated heterocycles. The van der Waals surface area contributed by atoms with Crippen LogP contribution in [0.2, 0.25) is 0 Å². The fourth-order valence-electron chi connectivity index (χ4n) is 3.24. The highest BCUT2D eigenvalue weighted by Gasteiger charge is 2.69. The Morgan fingerprint density at radius 1 is 0.905 bits per heavy atom. The summed E-state index contributed by atoms with van der Waals surface area (Å²) in [5, 5.41) is 0. The molecule has 3 aliphatic rings. The molecule has 7 nitrogen and oxygen atoms in total. The second-order valence-electron chi connectivity index (χ2n) is 5.01. The Hall–Kier alpha value is -2.15. The van der Waals surface area contributed by atoms with Crippen LogP contribution in [0.25, 0.3) is 0 Å². The second kappa shape index (κ2) is 4.70. The lowest BCUT2D eigenvalue weighted by atomic mass is 9.92. The van der Waals surface area contributed by atoms with Crippen molar-refractivity contribution in [3.63, 3.8) is 0 Å². The van der Waals surface area contributed by atoms with Crippen molar-refractivity contribution in [1.82, 2.24) is 0 Å². The Bertz CT molecular complexity index is 560. The molecule has 1 aliphatic carbocycles. The normalized spacial score (nSPS) is 31.7. The van der Waals surface area contributed by atoms with Crippen molar-refractivity contribution in [2.24, 2.45) is 11.8 Å². The molecular formula is C14H14O7. The van der Waals surface area contributed by atoms with E-state index < -0.39 is 30.1 Å². The van der Waals surface area contributed by atoms with E-state index in [0.29, 0.717) is 0 Å². The fourth-order valence-corrected chi connectivity index (χ4v) is 3.24. The lowest BCUT2D eigenvalue weighted by Crippen LogP contribution is -2.24. The number of carbonyl (C=O) groups is 3. The van der Waals surface area contributed by atoms with Crippen LogP contribution < -0.4 is 0 Å². The van der Waals surface area contributed by atoms with Gasteiger partial charge in [0.25, 0.3) is 0 Å². The molecule has 0 amide bonds. The first-order valence-corrected chi connectivity index (χ1v) is 6.40. The van der Waals surface area contributed by atoms with Gasteiger partial charge in [-0.2, -0.15) is 0 Å². The zero-order valence-corrected chi connectivity index (χ0v) is 11.7. The van der Waals surface area contributed by atoms with E-state index >= 15 is 0 Å². The molecule has 4 unspecified atom stereocenters. The van der Waals surface area contributed by atoms with Gasteiger partial charge < -0.3 is 18.9 Å². The molecule has 0 radical (unpaired) electrons. The maximum absolute atomic E-state index is 11.9. The lowest BCUT2D eigenvalue weighted by Gasteiger charge is -2.12. The van der Waals surface area contributed by atoms with Crippen LogP contribution >= 0.6 is 0 Å². The van der Waals surface area contributed by atoms with Gasteiger partial charge in [-0.1, -0.05) is 0 Å². The molecule has 0 N–H and O–H groups in total. The third-order valence-corrected chi connectivity index (χ3v) is 4.15. The Morgan fingerprint density at radius 2 is 1.38 bits per heavy atom. The third-order valence-electron chi connectivity index (χ3n) is 4.15. The number of methoxy groups -OCH3 is 3. The molecule has 21 heavy (non-hydrogen) atoms. The maximum atomic E-state index is 11.9. The van der Waals surface area contributed by atoms with Gasteiger partial charge in [-0.25, -0.2) is 14.4 Å². The predicted molar refractivity (Wildman–Crippen MR) is 66.8 cm³/mol. The molecule has 0 aromatic heterocycles. The van der Waals surface area contributed by atoms with Crippen molar-refractivity contribution < 1.29 is 33.3 Å². The molecule has 7 heteroatoms. The Morgan fingerprint density at radius 3 is 1.76 bits per heavy atom. The Labute approximate surface area is 120 Å². The van der Waals surface area contributed by atoms with E-state index in [0.717, 1.165) is 5.57 Å². The summed E-state index contributed by atoms with van der Waals surface area (Å²) >= 11 is 0. The number of ether oxygens (including phenoxy) is 4. The monoisotopic (exact) mass is 294 g/mol. The zero-order valence-electron chi connectivity index (χ0n) is 11.7. The summed E-state index contributed by atoms with van der Waals surface area (Å²) in [6.07, 6.45) is 0.280. The highest BCUT2D eigenvalue weighted by molar-refractivity contribution is 6.04. The molecule has 2 aliphatic heterocycles. The van der Waals surface area contributed by atoms with Crippen LogP contribution in [0.4, 0.5) is 0 Å². The smallest absolute Gasteiger partial charge is 0.337 e. The highest BCUT2D eigenvalue weighted by atomic mass is 16.6. The van der Waals surface area contributed by atoms with Crippen molar-refractivity contribution in [2.75, 3.05) is 21.3 Å². The van der Waals surface area contributed by atoms with Crippen LogP contribution in [0, 0.1) is 11.8 Å². The molecule has 0 spiro atoms. The molecule has 112 valence electrons. The number of rotatable bonds is 3. The van der Waals surface area contributed by atoms with Crippen LogP contribution in [-0.2, 0) is 33.3 Å². The average Bonchev–Trinajstić information content (AvgIpc) is 2.91. The van der Waals surface area contributed by atoms with Crippen molar-refractivity contribution in [3.05, 3.63) is 22.8 Å². The standard InChI is InChI=1S/C14H14O7/c1-18-6(15)4-5-7-8(5)12-10(14(17)20-3)9(11(7)21-12)13(16)19-2/h4,7-8,11-12H,1-3H3. The summed E-state index contributed by atoms with van der Waals surface area (Å²) in [7, 11) is 3.78. The quantitative estimate of drug-likeness (QED) is 0.403. The van der Waals surface area contributed by atoms with E-state index in [2.05, 4.69) is 4.74 Å². The Kier molecular flexibility index (Phi) is 3.09. The minimum absolute atomic E-state index is 0.0726. The van der Waals surface area contributed by atoms with Crippen LogP contribution in [0.1, 0.15) is 0 Å². The minimum atomic E-state index is -0.606. The van der Waals surface area contributed by atoms with E-state index in [1.54, 1.807) is 0 Å². The average molecular weight is 294 g/mol. The van der Waals surface area contributed by atoms with Crippen LogP contribution in [0.15, 0.2) is 22.8 Å². The largest absolute Gasteiger partial charge is 0.466 e. The summed E-state index contributed by atoms with van der Waals surface area (Å²) in [5.74, 6) is -1.82.